The minimum atomic E-state index is -3.73. The Kier molecular flexibility index (Phi) is 8.37. The van der Waals surface area contributed by atoms with E-state index < -0.39 is 22.0 Å². The summed E-state index contributed by atoms with van der Waals surface area (Å²) in [5.41, 5.74) is 0.361. The van der Waals surface area contributed by atoms with Crippen molar-refractivity contribution >= 4 is 21.6 Å². The molecule has 3 rings (SSSR count). The molecule has 9 heteroatoms. The number of para-hydroxylation sites is 1. The Balaban J connectivity index is 1.59. The maximum absolute atomic E-state index is 12.7. The molecule has 0 aliphatic rings. The van der Waals surface area contributed by atoms with Crippen LogP contribution in [0, 0.1) is 0 Å². The molecule has 180 valence electrons. The van der Waals surface area contributed by atoms with Crippen molar-refractivity contribution in [3.63, 3.8) is 0 Å². The molecule has 8 nitrogen and oxygen atoms in total. The molecule has 1 N–H and O–H groups in total. The number of carbonyl (C=O) groups excluding carboxylic acids is 1. The Hall–Kier alpha value is -3.72. The average Bonchev–Trinajstić information content (AvgIpc) is 2.83. The normalized spacial score (nSPS) is 11.9. The first-order chi connectivity index (χ1) is 16.3. The highest BCUT2D eigenvalue weighted by molar-refractivity contribution is 7.92. The van der Waals surface area contributed by atoms with E-state index in [9.17, 15) is 13.2 Å². The Bertz CT molecular complexity index is 1170. The van der Waals surface area contributed by atoms with E-state index in [1.165, 1.54) is 6.92 Å². The van der Waals surface area contributed by atoms with Gasteiger partial charge < -0.3 is 19.5 Å². The van der Waals surface area contributed by atoms with Crippen molar-refractivity contribution in [3.8, 4) is 23.0 Å². The summed E-state index contributed by atoms with van der Waals surface area (Å²) < 4.78 is 42.5. The van der Waals surface area contributed by atoms with Gasteiger partial charge in [-0.15, -0.1) is 0 Å². The van der Waals surface area contributed by atoms with Crippen molar-refractivity contribution in [3.05, 3.63) is 78.9 Å². The van der Waals surface area contributed by atoms with Gasteiger partial charge >= 0.3 is 0 Å². The van der Waals surface area contributed by atoms with Gasteiger partial charge in [-0.25, -0.2) is 8.42 Å². The van der Waals surface area contributed by atoms with Gasteiger partial charge in [0, 0.05) is 0 Å². The number of nitrogens with one attached hydrogen (secondary N) is 1. The van der Waals surface area contributed by atoms with E-state index in [0.29, 0.717) is 22.9 Å². The van der Waals surface area contributed by atoms with Crippen molar-refractivity contribution in [1.29, 1.82) is 0 Å². The molecule has 0 bridgehead atoms. The molecule has 0 saturated heterocycles. The third kappa shape index (κ3) is 6.89. The second-order valence-electron chi connectivity index (χ2n) is 7.46. The predicted molar refractivity (Wildman–Crippen MR) is 131 cm³/mol. The van der Waals surface area contributed by atoms with E-state index in [1.54, 1.807) is 55.6 Å². The summed E-state index contributed by atoms with van der Waals surface area (Å²) in [6.45, 7) is 1.99. The van der Waals surface area contributed by atoms with Crippen LogP contribution >= 0.6 is 0 Å². The highest BCUT2D eigenvalue weighted by Gasteiger charge is 2.29. The zero-order valence-electron chi connectivity index (χ0n) is 19.3. The molecule has 1 atom stereocenters. The third-order valence-electron chi connectivity index (χ3n) is 4.89. The molecule has 34 heavy (non-hydrogen) atoms. The van der Waals surface area contributed by atoms with Crippen LogP contribution in [0.4, 0.5) is 5.69 Å². The quantitative estimate of drug-likeness (QED) is 0.416. The topological polar surface area (TPSA) is 94.2 Å². The molecule has 0 radical (unpaired) electrons. The van der Waals surface area contributed by atoms with Crippen molar-refractivity contribution in [2.24, 2.45) is 0 Å². The van der Waals surface area contributed by atoms with E-state index in [0.717, 1.165) is 16.3 Å². The minimum Gasteiger partial charge on any atom is -0.497 e. The highest BCUT2D eigenvalue weighted by atomic mass is 32.2. The summed E-state index contributed by atoms with van der Waals surface area (Å²) >= 11 is 0. The molecule has 0 saturated carbocycles. The SMILES string of the molecule is COc1ccc(OCCNC(=O)C(C)N(c2ccc(Oc3ccccc3)cc2)S(C)(=O)=O)cc1. The number of methoxy groups -OCH3 is 1. The third-order valence-corrected chi connectivity index (χ3v) is 6.13. The molecule has 1 unspecified atom stereocenters. The summed E-state index contributed by atoms with van der Waals surface area (Å²) in [5.74, 6) is 2.14. The van der Waals surface area contributed by atoms with Gasteiger partial charge in [-0.2, -0.15) is 0 Å². The van der Waals surface area contributed by atoms with Gasteiger partial charge in [0.25, 0.3) is 0 Å². The largest absolute Gasteiger partial charge is 0.497 e. The summed E-state index contributed by atoms with van der Waals surface area (Å²) in [6.07, 6.45) is 1.07. The highest BCUT2D eigenvalue weighted by Crippen LogP contribution is 2.27. The standard InChI is InChI=1S/C25H28N2O6S/c1-19(25(28)26-17-18-32-22-15-13-21(31-2)14-16-22)27(34(3,29)30)20-9-11-24(12-10-20)33-23-7-5-4-6-8-23/h4-16,19H,17-18H2,1-3H3,(H,26,28). The molecule has 0 spiro atoms. The van der Waals surface area contributed by atoms with Gasteiger partial charge in [-0.05, 0) is 67.6 Å². The number of anilines is 1. The molecule has 0 aliphatic heterocycles. The van der Waals surface area contributed by atoms with E-state index in [-0.39, 0.29) is 13.2 Å². The van der Waals surface area contributed by atoms with Crippen molar-refractivity contribution < 1.29 is 27.4 Å². The lowest BCUT2D eigenvalue weighted by atomic mass is 10.2. The van der Waals surface area contributed by atoms with Crippen LogP contribution < -0.4 is 23.8 Å². The summed E-state index contributed by atoms with van der Waals surface area (Å²) in [7, 11) is -2.14. The van der Waals surface area contributed by atoms with E-state index in [2.05, 4.69) is 5.32 Å². The van der Waals surface area contributed by atoms with Crippen molar-refractivity contribution in [1.82, 2.24) is 5.32 Å². The van der Waals surface area contributed by atoms with Crippen LogP contribution in [0.1, 0.15) is 6.92 Å². The molecular formula is C25H28N2O6S. The lowest BCUT2D eigenvalue weighted by Crippen LogP contribution is -2.48. The number of hydrogen-bond donors (Lipinski definition) is 1. The van der Waals surface area contributed by atoms with Crippen LogP contribution in [0.15, 0.2) is 78.9 Å². The number of benzene rings is 3. The fraction of sp³-hybridized carbons (Fsp3) is 0.240. The smallest absolute Gasteiger partial charge is 0.243 e. The van der Waals surface area contributed by atoms with Crippen LogP contribution in [0.3, 0.4) is 0 Å². The molecule has 0 aromatic heterocycles. The Morgan fingerprint density at radius 2 is 1.44 bits per heavy atom. The molecule has 3 aromatic carbocycles. The number of sulfonamides is 1. The number of nitrogens with zero attached hydrogens (tertiary/aromatic N) is 1. The zero-order chi connectivity index (χ0) is 24.6. The van der Waals surface area contributed by atoms with Gasteiger partial charge in [-0.1, -0.05) is 18.2 Å². The predicted octanol–water partition coefficient (Wildman–Crippen LogP) is 3.84. The second-order valence-corrected chi connectivity index (χ2v) is 9.32. The summed E-state index contributed by atoms with van der Waals surface area (Å²) in [5, 5.41) is 2.72. The first kappa shape index (κ1) is 24.9. The maximum atomic E-state index is 12.7. The number of carbonyl (C=O) groups is 1. The molecule has 0 fully saturated rings. The molecule has 0 heterocycles. The summed E-state index contributed by atoms with van der Waals surface area (Å²) in [4.78, 5) is 12.7. The van der Waals surface area contributed by atoms with Crippen molar-refractivity contribution in [2.45, 2.75) is 13.0 Å². The number of rotatable bonds is 11. The van der Waals surface area contributed by atoms with Gasteiger partial charge in [-0.3, -0.25) is 9.10 Å². The second kappa shape index (κ2) is 11.4. The van der Waals surface area contributed by atoms with Crippen LogP contribution in [0.2, 0.25) is 0 Å². The van der Waals surface area contributed by atoms with Crippen LogP contribution in [-0.4, -0.2) is 46.9 Å². The van der Waals surface area contributed by atoms with Crippen LogP contribution in [0.25, 0.3) is 0 Å². The lowest BCUT2D eigenvalue weighted by molar-refractivity contribution is -0.121. The fourth-order valence-corrected chi connectivity index (χ4v) is 4.43. The zero-order valence-corrected chi connectivity index (χ0v) is 20.1. The Morgan fingerprint density at radius 3 is 2.03 bits per heavy atom. The minimum absolute atomic E-state index is 0.219. The van der Waals surface area contributed by atoms with Gasteiger partial charge in [0.15, 0.2) is 0 Å². The molecule has 1 amide bonds. The molecule has 0 aliphatic carbocycles. The monoisotopic (exact) mass is 484 g/mol. The van der Waals surface area contributed by atoms with E-state index in [4.69, 9.17) is 14.2 Å². The van der Waals surface area contributed by atoms with Gasteiger partial charge in [0.2, 0.25) is 15.9 Å². The average molecular weight is 485 g/mol. The lowest BCUT2D eigenvalue weighted by Gasteiger charge is -2.28. The number of hydrogen-bond acceptors (Lipinski definition) is 6. The van der Waals surface area contributed by atoms with E-state index in [1.807, 2.05) is 30.3 Å². The van der Waals surface area contributed by atoms with Crippen LogP contribution in [0.5, 0.6) is 23.0 Å². The van der Waals surface area contributed by atoms with Gasteiger partial charge in [0.05, 0.1) is 25.6 Å². The van der Waals surface area contributed by atoms with Crippen LogP contribution in [-0.2, 0) is 14.8 Å². The first-order valence-corrected chi connectivity index (χ1v) is 12.5. The number of amides is 1. The molecule has 3 aromatic rings. The first-order valence-electron chi connectivity index (χ1n) is 10.6. The Labute approximate surface area is 200 Å². The molecular weight excluding hydrogens is 456 g/mol. The van der Waals surface area contributed by atoms with Gasteiger partial charge in [0.1, 0.15) is 35.6 Å². The van der Waals surface area contributed by atoms with Crippen molar-refractivity contribution in [2.75, 3.05) is 30.8 Å². The fourth-order valence-electron chi connectivity index (χ4n) is 3.26. The number of ether oxygens (including phenoxy) is 3. The maximum Gasteiger partial charge on any atom is 0.243 e. The summed E-state index contributed by atoms with van der Waals surface area (Å²) in [6, 6.07) is 21.9. The van der Waals surface area contributed by atoms with E-state index >= 15 is 0 Å². The Morgan fingerprint density at radius 1 is 0.882 bits per heavy atom.